The first kappa shape index (κ1) is 13.0. The van der Waals surface area contributed by atoms with E-state index < -0.39 is 0 Å². The zero-order chi connectivity index (χ0) is 12.3. The van der Waals surface area contributed by atoms with E-state index in [1.54, 1.807) is 12.1 Å². The molecule has 17 heavy (non-hydrogen) atoms. The van der Waals surface area contributed by atoms with Crippen molar-refractivity contribution < 1.29 is 9.50 Å². The Balaban J connectivity index is 2.24. The van der Waals surface area contributed by atoms with Gasteiger partial charge in [-0.3, -0.25) is 4.90 Å². The number of benzene rings is 1. The minimum absolute atomic E-state index is 0.0621. The van der Waals surface area contributed by atoms with Gasteiger partial charge in [0.1, 0.15) is 5.82 Å². The number of rotatable bonds is 3. The van der Waals surface area contributed by atoms with Crippen LogP contribution in [0, 0.1) is 5.82 Å². The third-order valence-corrected chi connectivity index (χ3v) is 3.58. The lowest BCUT2D eigenvalue weighted by Crippen LogP contribution is -2.46. The number of hydrogen-bond acceptors (Lipinski definition) is 3. The maximum Gasteiger partial charge on any atom is 0.128 e. The summed E-state index contributed by atoms with van der Waals surface area (Å²) in [6.45, 7) is 3.36. The fraction of sp³-hybridized carbons (Fsp3) is 0.500. The molecule has 1 aromatic rings. The number of nitrogens with one attached hydrogen (secondary N) is 1. The molecule has 1 aliphatic heterocycles. The predicted molar refractivity (Wildman–Crippen MR) is 68.4 cm³/mol. The lowest BCUT2D eigenvalue weighted by molar-refractivity contribution is 0.108. The van der Waals surface area contributed by atoms with Crippen molar-refractivity contribution in [2.45, 2.75) is 6.04 Å². The third-order valence-electron chi connectivity index (χ3n) is 3.08. The first-order chi connectivity index (χ1) is 8.22. The molecule has 0 aromatic heterocycles. The minimum atomic E-state index is -0.259. The van der Waals surface area contributed by atoms with Crippen LogP contribution >= 0.6 is 15.9 Å². The number of aliphatic hydroxyl groups excluding tert-OH is 1. The van der Waals surface area contributed by atoms with Crippen LogP contribution in [0.15, 0.2) is 22.7 Å². The molecule has 5 heteroatoms. The van der Waals surface area contributed by atoms with Gasteiger partial charge in [-0.15, -0.1) is 0 Å². The molecule has 0 bridgehead atoms. The summed E-state index contributed by atoms with van der Waals surface area (Å²) in [6.07, 6.45) is 0. The Morgan fingerprint density at radius 1 is 1.41 bits per heavy atom. The normalized spacial score (nSPS) is 19.2. The summed E-state index contributed by atoms with van der Waals surface area (Å²) in [4.78, 5) is 2.11. The Hall–Kier alpha value is -0.490. The average Bonchev–Trinajstić information content (AvgIpc) is 2.36. The first-order valence-electron chi connectivity index (χ1n) is 5.73. The standard InChI is InChI=1S/C12H16BrFN2O/c13-9-1-2-11(14)10(7-9)12(8-17)16-5-3-15-4-6-16/h1-2,7,12,15,17H,3-6,8H2/t12-/m0/s1. The van der Waals surface area contributed by atoms with Crippen LogP contribution in [-0.2, 0) is 0 Å². The molecule has 0 radical (unpaired) electrons. The summed E-state index contributed by atoms with van der Waals surface area (Å²) < 4.78 is 14.6. The SMILES string of the molecule is OC[C@@H](c1cc(Br)ccc1F)N1CCNCC1. The van der Waals surface area contributed by atoms with E-state index in [1.807, 2.05) is 0 Å². The van der Waals surface area contributed by atoms with Crippen LogP contribution in [-0.4, -0.2) is 42.8 Å². The van der Waals surface area contributed by atoms with Crippen LogP contribution in [0.3, 0.4) is 0 Å². The van der Waals surface area contributed by atoms with Crippen molar-refractivity contribution in [2.75, 3.05) is 32.8 Å². The average molecular weight is 303 g/mol. The summed E-state index contributed by atoms with van der Waals surface area (Å²) in [7, 11) is 0. The number of halogens is 2. The van der Waals surface area contributed by atoms with E-state index in [2.05, 4.69) is 26.1 Å². The van der Waals surface area contributed by atoms with Crippen LogP contribution in [0.25, 0.3) is 0 Å². The molecule has 2 N–H and O–H groups in total. The maximum atomic E-state index is 13.8. The van der Waals surface area contributed by atoms with Crippen LogP contribution in [0.4, 0.5) is 4.39 Å². The lowest BCUT2D eigenvalue weighted by Gasteiger charge is -2.34. The molecule has 94 valence electrons. The molecule has 0 spiro atoms. The second-order valence-electron chi connectivity index (χ2n) is 4.15. The molecule has 1 fully saturated rings. The molecule has 1 atom stereocenters. The van der Waals surface area contributed by atoms with Crippen molar-refractivity contribution in [1.82, 2.24) is 10.2 Å². The summed E-state index contributed by atoms with van der Waals surface area (Å²) in [5.41, 5.74) is 0.559. The van der Waals surface area contributed by atoms with Crippen LogP contribution in [0.1, 0.15) is 11.6 Å². The fourth-order valence-corrected chi connectivity index (χ4v) is 2.55. The molecule has 1 aromatic carbocycles. The molecule has 1 aliphatic rings. The topological polar surface area (TPSA) is 35.5 Å². The van der Waals surface area contributed by atoms with Gasteiger partial charge in [-0.2, -0.15) is 0 Å². The highest BCUT2D eigenvalue weighted by Gasteiger charge is 2.23. The van der Waals surface area contributed by atoms with Crippen molar-refractivity contribution in [2.24, 2.45) is 0 Å². The van der Waals surface area contributed by atoms with E-state index >= 15 is 0 Å². The predicted octanol–water partition coefficient (Wildman–Crippen LogP) is 1.53. The molecule has 1 saturated heterocycles. The van der Waals surface area contributed by atoms with Gasteiger partial charge < -0.3 is 10.4 Å². The Labute approximate surface area is 109 Å². The molecule has 0 amide bonds. The molecule has 2 rings (SSSR count). The van der Waals surface area contributed by atoms with Crippen molar-refractivity contribution in [3.05, 3.63) is 34.1 Å². The summed E-state index contributed by atoms with van der Waals surface area (Å²) in [5.74, 6) is -0.259. The number of aliphatic hydroxyl groups is 1. The summed E-state index contributed by atoms with van der Waals surface area (Å²) in [5, 5.41) is 12.7. The van der Waals surface area contributed by atoms with Gasteiger partial charge in [-0.05, 0) is 18.2 Å². The van der Waals surface area contributed by atoms with Gasteiger partial charge in [-0.1, -0.05) is 15.9 Å². The Kier molecular flexibility index (Phi) is 4.50. The van der Waals surface area contributed by atoms with Gasteiger partial charge in [0, 0.05) is 36.2 Å². The second kappa shape index (κ2) is 5.91. The summed E-state index contributed by atoms with van der Waals surface area (Å²) >= 11 is 3.34. The lowest BCUT2D eigenvalue weighted by atomic mass is 10.0. The Bertz CT molecular complexity index is 383. The molecule has 0 aliphatic carbocycles. The van der Waals surface area contributed by atoms with E-state index in [0.29, 0.717) is 5.56 Å². The fourth-order valence-electron chi connectivity index (χ4n) is 2.17. The van der Waals surface area contributed by atoms with Crippen molar-refractivity contribution >= 4 is 15.9 Å². The molecule has 0 unspecified atom stereocenters. The number of piperazine rings is 1. The van der Waals surface area contributed by atoms with E-state index in [-0.39, 0.29) is 18.5 Å². The second-order valence-corrected chi connectivity index (χ2v) is 5.07. The van der Waals surface area contributed by atoms with Crippen molar-refractivity contribution in [3.63, 3.8) is 0 Å². The van der Waals surface area contributed by atoms with Gasteiger partial charge in [0.05, 0.1) is 12.6 Å². The smallest absolute Gasteiger partial charge is 0.128 e. The van der Waals surface area contributed by atoms with Gasteiger partial charge in [0.15, 0.2) is 0 Å². The molecule has 1 heterocycles. The van der Waals surface area contributed by atoms with Crippen molar-refractivity contribution in [3.8, 4) is 0 Å². The van der Waals surface area contributed by atoms with Crippen LogP contribution in [0.2, 0.25) is 0 Å². The Morgan fingerprint density at radius 3 is 2.76 bits per heavy atom. The van der Waals surface area contributed by atoms with E-state index in [0.717, 1.165) is 30.7 Å². The van der Waals surface area contributed by atoms with Gasteiger partial charge in [-0.25, -0.2) is 4.39 Å². The van der Waals surface area contributed by atoms with E-state index in [9.17, 15) is 9.50 Å². The molecular formula is C12H16BrFN2O. The molecule has 0 saturated carbocycles. The largest absolute Gasteiger partial charge is 0.394 e. The molecular weight excluding hydrogens is 287 g/mol. The zero-order valence-corrected chi connectivity index (χ0v) is 11.1. The van der Waals surface area contributed by atoms with Gasteiger partial charge in [0.25, 0.3) is 0 Å². The zero-order valence-electron chi connectivity index (χ0n) is 9.50. The van der Waals surface area contributed by atoms with Gasteiger partial charge >= 0.3 is 0 Å². The molecule has 3 nitrogen and oxygen atoms in total. The highest BCUT2D eigenvalue weighted by Crippen LogP contribution is 2.26. The number of hydrogen-bond donors (Lipinski definition) is 2. The van der Waals surface area contributed by atoms with Crippen LogP contribution in [0.5, 0.6) is 0 Å². The highest BCUT2D eigenvalue weighted by atomic mass is 79.9. The Morgan fingerprint density at radius 2 is 2.12 bits per heavy atom. The number of nitrogens with zero attached hydrogens (tertiary/aromatic N) is 1. The van der Waals surface area contributed by atoms with E-state index in [1.165, 1.54) is 6.07 Å². The quantitative estimate of drug-likeness (QED) is 0.889. The highest BCUT2D eigenvalue weighted by molar-refractivity contribution is 9.10. The minimum Gasteiger partial charge on any atom is -0.394 e. The van der Waals surface area contributed by atoms with Gasteiger partial charge in [0.2, 0.25) is 0 Å². The monoisotopic (exact) mass is 302 g/mol. The first-order valence-corrected chi connectivity index (χ1v) is 6.52. The van der Waals surface area contributed by atoms with Crippen LogP contribution < -0.4 is 5.32 Å². The van der Waals surface area contributed by atoms with Crippen molar-refractivity contribution in [1.29, 1.82) is 0 Å². The maximum absolute atomic E-state index is 13.8. The third kappa shape index (κ3) is 3.04. The summed E-state index contributed by atoms with van der Waals surface area (Å²) in [6, 6.07) is 4.60. The van der Waals surface area contributed by atoms with E-state index in [4.69, 9.17) is 0 Å².